The standard InChI is InChI=1S/C14H14S2.C3H3NS/c1-11-7-3-5-9-13(11)15-16-14-10-6-4-8-12(14)2;1-2-5-3-4-1/h3-10H,1-2H3;1-3H. The number of thiazole rings is 1. The number of benzene rings is 2. The van der Waals surface area contributed by atoms with Crippen molar-refractivity contribution in [2.24, 2.45) is 0 Å². The molecule has 0 atom stereocenters. The second-order valence-corrected chi connectivity index (χ2v) is 7.34. The maximum absolute atomic E-state index is 3.74. The Morgan fingerprint density at radius 1 is 0.810 bits per heavy atom. The van der Waals surface area contributed by atoms with Crippen LogP contribution in [0, 0.1) is 13.8 Å². The highest BCUT2D eigenvalue weighted by Crippen LogP contribution is 2.39. The Labute approximate surface area is 138 Å². The van der Waals surface area contributed by atoms with Gasteiger partial charge in [0.15, 0.2) is 0 Å². The van der Waals surface area contributed by atoms with Crippen LogP contribution >= 0.6 is 32.9 Å². The molecule has 3 rings (SSSR count). The molecule has 0 fully saturated rings. The summed E-state index contributed by atoms with van der Waals surface area (Å²) < 4.78 is 0. The van der Waals surface area contributed by atoms with Crippen LogP contribution in [0.25, 0.3) is 0 Å². The van der Waals surface area contributed by atoms with Gasteiger partial charge in [-0.1, -0.05) is 58.0 Å². The van der Waals surface area contributed by atoms with E-state index in [1.165, 1.54) is 20.9 Å². The molecule has 0 saturated heterocycles. The van der Waals surface area contributed by atoms with E-state index in [2.05, 4.69) is 67.4 Å². The molecule has 21 heavy (non-hydrogen) atoms. The second kappa shape index (κ2) is 8.93. The lowest BCUT2D eigenvalue weighted by Gasteiger charge is -2.06. The smallest absolute Gasteiger partial charge is 0.0791 e. The molecule has 0 radical (unpaired) electrons. The molecular formula is C17H17NS3. The predicted molar refractivity (Wildman–Crippen MR) is 96.2 cm³/mol. The van der Waals surface area contributed by atoms with Crippen LogP contribution in [0.5, 0.6) is 0 Å². The van der Waals surface area contributed by atoms with Crippen molar-refractivity contribution in [3.05, 3.63) is 76.7 Å². The van der Waals surface area contributed by atoms with E-state index in [1.807, 2.05) is 27.0 Å². The predicted octanol–water partition coefficient (Wildman–Crippen LogP) is 6.25. The number of aromatic nitrogens is 1. The highest BCUT2D eigenvalue weighted by atomic mass is 33.1. The molecule has 0 aliphatic rings. The van der Waals surface area contributed by atoms with Crippen molar-refractivity contribution in [2.75, 3.05) is 0 Å². The molecule has 0 spiro atoms. The Hall–Kier alpha value is -1.23. The zero-order valence-corrected chi connectivity index (χ0v) is 14.5. The summed E-state index contributed by atoms with van der Waals surface area (Å²) in [7, 11) is 3.66. The second-order valence-electron chi connectivity index (χ2n) is 4.37. The molecule has 0 amide bonds. The fraction of sp³-hybridized carbons (Fsp3) is 0.118. The Morgan fingerprint density at radius 3 is 1.67 bits per heavy atom. The van der Waals surface area contributed by atoms with Gasteiger partial charge >= 0.3 is 0 Å². The van der Waals surface area contributed by atoms with Gasteiger partial charge in [-0.2, -0.15) is 0 Å². The Balaban J connectivity index is 0.000000272. The number of rotatable bonds is 3. The van der Waals surface area contributed by atoms with Gasteiger partial charge in [-0.3, -0.25) is 4.98 Å². The minimum absolute atomic E-state index is 1.34. The topological polar surface area (TPSA) is 12.9 Å². The Morgan fingerprint density at radius 2 is 1.33 bits per heavy atom. The Bertz CT molecular complexity index is 588. The van der Waals surface area contributed by atoms with Crippen LogP contribution in [0.3, 0.4) is 0 Å². The number of hydrogen-bond acceptors (Lipinski definition) is 4. The highest BCUT2D eigenvalue weighted by molar-refractivity contribution is 8.76. The van der Waals surface area contributed by atoms with Gasteiger partial charge in [0.2, 0.25) is 0 Å². The first-order chi connectivity index (χ1) is 10.3. The van der Waals surface area contributed by atoms with E-state index in [9.17, 15) is 0 Å². The first-order valence-corrected chi connectivity index (χ1v) is 9.64. The van der Waals surface area contributed by atoms with Crippen LogP contribution in [0.1, 0.15) is 11.1 Å². The van der Waals surface area contributed by atoms with Gasteiger partial charge in [-0.15, -0.1) is 11.3 Å². The average molecular weight is 332 g/mol. The average Bonchev–Trinajstić information content (AvgIpc) is 3.07. The monoisotopic (exact) mass is 331 g/mol. The lowest BCUT2D eigenvalue weighted by Crippen LogP contribution is -1.77. The first kappa shape index (κ1) is 16.1. The summed E-state index contributed by atoms with van der Waals surface area (Å²) in [6, 6.07) is 17.0. The summed E-state index contributed by atoms with van der Waals surface area (Å²) in [5.41, 5.74) is 4.47. The first-order valence-electron chi connectivity index (χ1n) is 6.55. The van der Waals surface area contributed by atoms with Crippen LogP contribution < -0.4 is 0 Å². The normalized spacial score (nSPS) is 9.81. The summed E-state index contributed by atoms with van der Waals surface area (Å²) in [5, 5.41) is 1.93. The maximum Gasteiger partial charge on any atom is 0.0791 e. The molecule has 1 nitrogen and oxygen atoms in total. The lowest BCUT2D eigenvalue weighted by atomic mass is 10.2. The van der Waals surface area contributed by atoms with Crippen molar-refractivity contribution < 1.29 is 0 Å². The van der Waals surface area contributed by atoms with Gasteiger partial charge in [0.1, 0.15) is 0 Å². The van der Waals surface area contributed by atoms with Gasteiger partial charge in [0.05, 0.1) is 5.51 Å². The highest BCUT2D eigenvalue weighted by Gasteiger charge is 2.01. The van der Waals surface area contributed by atoms with Crippen molar-refractivity contribution in [3.8, 4) is 0 Å². The van der Waals surface area contributed by atoms with Gasteiger partial charge in [-0.05, 0) is 37.1 Å². The molecular weight excluding hydrogens is 314 g/mol. The van der Waals surface area contributed by atoms with Gasteiger partial charge in [0, 0.05) is 21.4 Å². The van der Waals surface area contributed by atoms with E-state index in [4.69, 9.17) is 0 Å². The molecule has 0 aliphatic carbocycles. The van der Waals surface area contributed by atoms with E-state index in [0.29, 0.717) is 0 Å². The van der Waals surface area contributed by atoms with Crippen molar-refractivity contribution in [2.45, 2.75) is 23.6 Å². The fourth-order valence-corrected chi connectivity index (χ4v) is 4.42. The van der Waals surface area contributed by atoms with Crippen LogP contribution in [0.15, 0.2) is 75.4 Å². The third kappa shape index (κ3) is 5.58. The van der Waals surface area contributed by atoms with Crippen molar-refractivity contribution in [3.63, 3.8) is 0 Å². The number of aryl methyl sites for hydroxylation is 2. The summed E-state index contributed by atoms with van der Waals surface area (Å²) in [4.78, 5) is 6.43. The van der Waals surface area contributed by atoms with E-state index in [-0.39, 0.29) is 0 Å². The molecule has 0 bridgehead atoms. The van der Waals surface area contributed by atoms with Crippen LogP contribution in [0.2, 0.25) is 0 Å². The van der Waals surface area contributed by atoms with Gasteiger partial charge in [0.25, 0.3) is 0 Å². The minimum atomic E-state index is 1.34. The molecule has 0 aliphatic heterocycles. The lowest BCUT2D eigenvalue weighted by molar-refractivity contribution is 1.30. The summed E-state index contributed by atoms with van der Waals surface area (Å²) in [6.45, 7) is 4.31. The molecule has 3 aromatic rings. The molecule has 1 heterocycles. The number of nitrogens with zero attached hydrogens (tertiary/aromatic N) is 1. The molecule has 0 N–H and O–H groups in total. The molecule has 108 valence electrons. The van der Waals surface area contributed by atoms with E-state index in [1.54, 1.807) is 23.0 Å². The summed E-state index contributed by atoms with van der Waals surface area (Å²) in [6.07, 6.45) is 1.77. The van der Waals surface area contributed by atoms with Gasteiger partial charge < -0.3 is 0 Å². The number of hydrogen-bond donors (Lipinski definition) is 0. The molecule has 0 unspecified atom stereocenters. The van der Waals surface area contributed by atoms with Crippen LogP contribution in [0.4, 0.5) is 0 Å². The summed E-state index contributed by atoms with van der Waals surface area (Å²) >= 11 is 1.60. The molecule has 1 aromatic heterocycles. The quantitative estimate of drug-likeness (QED) is 0.527. The fourth-order valence-electron chi connectivity index (χ4n) is 1.57. The van der Waals surface area contributed by atoms with Crippen LogP contribution in [-0.2, 0) is 0 Å². The summed E-state index contributed by atoms with van der Waals surface area (Å²) in [5.74, 6) is 0. The van der Waals surface area contributed by atoms with Crippen molar-refractivity contribution in [1.29, 1.82) is 0 Å². The van der Waals surface area contributed by atoms with E-state index in [0.717, 1.165) is 0 Å². The zero-order chi connectivity index (χ0) is 14.9. The van der Waals surface area contributed by atoms with Crippen molar-refractivity contribution in [1.82, 2.24) is 4.98 Å². The third-order valence-electron chi connectivity index (χ3n) is 2.76. The van der Waals surface area contributed by atoms with Gasteiger partial charge in [-0.25, -0.2) is 0 Å². The van der Waals surface area contributed by atoms with Crippen LogP contribution in [-0.4, -0.2) is 4.98 Å². The van der Waals surface area contributed by atoms with E-state index < -0.39 is 0 Å². The third-order valence-corrected chi connectivity index (χ3v) is 5.96. The SMILES string of the molecule is Cc1ccccc1SSc1ccccc1C.c1cscn1. The minimum Gasteiger partial charge on any atom is -0.253 e. The Kier molecular flexibility index (Phi) is 6.86. The molecule has 4 heteroatoms. The van der Waals surface area contributed by atoms with E-state index >= 15 is 0 Å². The van der Waals surface area contributed by atoms with Crippen molar-refractivity contribution >= 4 is 32.9 Å². The largest absolute Gasteiger partial charge is 0.253 e. The zero-order valence-electron chi connectivity index (χ0n) is 12.0. The maximum atomic E-state index is 3.74. The molecule has 2 aromatic carbocycles. The molecule has 0 saturated carbocycles.